The summed E-state index contributed by atoms with van der Waals surface area (Å²) >= 11 is 0. The highest BCUT2D eigenvalue weighted by Crippen LogP contribution is 2.29. The molecule has 0 saturated carbocycles. The van der Waals surface area contributed by atoms with E-state index in [-0.39, 0.29) is 11.7 Å². The van der Waals surface area contributed by atoms with E-state index < -0.39 is 0 Å². The second kappa shape index (κ2) is 7.65. The number of benzene rings is 2. The number of methoxy groups -OCH3 is 2. The minimum atomic E-state index is -0.335. The Morgan fingerprint density at radius 1 is 1.04 bits per heavy atom. The molecule has 0 aliphatic carbocycles. The largest absolute Gasteiger partial charge is 0.497 e. The van der Waals surface area contributed by atoms with Gasteiger partial charge >= 0.3 is 0 Å². The van der Waals surface area contributed by atoms with E-state index in [1.54, 1.807) is 49.6 Å². The van der Waals surface area contributed by atoms with Crippen molar-refractivity contribution in [3.63, 3.8) is 0 Å². The van der Waals surface area contributed by atoms with Gasteiger partial charge in [-0.15, -0.1) is 0 Å². The van der Waals surface area contributed by atoms with Crippen molar-refractivity contribution in [2.24, 2.45) is 0 Å². The highest BCUT2D eigenvalue weighted by Gasteiger charge is 2.12. The zero-order valence-corrected chi connectivity index (χ0v) is 14.3. The van der Waals surface area contributed by atoms with E-state index in [9.17, 15) is 9.18 Å². The van der Waals surface area contributed by atoms with Crippen LogP contribution in [-0.2, 0) is 0 Å². The summed E-state index contributed by atoms with van der Waals surface area (Å²) in [5.74, 6) is 0.451. The first-order valence-corrected chi connectivity index (χ1v) is 7.86. The number of halogens is 1. The minimum Gasteiger partial charge on any atom is -0.497 e. The summed E-state index contributed by atoms with van der Waals surface area (Å²) in [7, 11) is 3.07. The average Bonchev–Trinajstić information content (AvgIpc) is 2.68. The SMILES string of the molecule is COc1ccc(NC(=O)c2ccc(-c3cccc(F)c3)nc2)c(OC)c1. The molecule has 0 unspecified atom stereocenters. The van der Waals surface area contributed by atoms with Crippen molar-refractivity contribution in [3.8, 4) is 22.8 Å². The van der Waals surface area contributed by atoms with Gasteiger partial charge in [0.25, 0.3) is 5.91 Å². The maximum absolute atomic E-state index is 13.3. The summed E-state index contributed by atoms with van der Waals surface area (Å²) in [6, 6.07) is 14.6. The lowest BCUT2D eigenvalue weighted by molar-refractivity contribution is 0.102. The number of amides is 1. The molecule has 0 fully saturated rings. The predicted molar refractivity (Wildman–Crippen MR) is 97.1 cm³/mol. The topological polar surface area (TPSA) is 60.5 Å². The van der Waals surface area contributed by atoms with Gasteiger partial charge in [0.2, 0.25) is 0 Å². The highest BCUT2D eigenvalue weighted by molar-refractivity contribution is 6.05. The number of ether oxygens (including phenoxy) is 2. The fourth-order valence-corrected chi connectivity index (χ4v) is 2.44. The Balaban J connectivity index is 1.78. The first kappa shape index (κ1) is 17.4. The Morgan fingerprint density at radius 3 is 2.54 bits per heavy atom. The summed E-state index contributed by atoms with van der Waals surface area (Å²) < 4.78 is 23.7. The molecule has 132 valence electrons. The molecule has 3 rings (SSSR count). The summed E-state index contributed by atoms with van der Waals surface area (Å²) in [6.45, 7) is 0. The summed E-state index contributed by atoms with van der Waals surface area (Å²) in [5, 5.41) is 2.78. The zero-order chi connectivity index (χ0) is 18.5. The van der Waals surface area contributed by atoms with E-state index in [1.807, 2.05) is 0 Å². The molecule has 26 heavy (non-hydrogen) atoms. The van der Waals surface area contributed by atoms with Crippen LogP contribution in [0.25, 0.3) is 11.3 Å². The van der Waals surface area contributed by atoms with Crippen molar-refractivity contribution in [2.75, 3.05) is 19.5 Å². The van der Waals surface area contributed by atoms with Crippen molar-refractivity contribution < 1.29 is 18.7 Å². The van der Waals surface area contributed by atoms with Crippen LogP contribution in [0.5, 0.6) is 11.5 Å². The molecule has 1 amide bonds. The molecule has 0 aliphatic rings. The minimum absolute atomic E-state index is 0.327. The number of hydrogen-bond donors (Lipinski definition) is 1. The van der Waals surface area contributed by atoms with Crippen molar-refractivity contribution in [3.05, 3.63) is 72.2 Å². The van der Waals surface area contributed by atoms with Crippen molar-refractivity contribution in [1.82, 2.24) is 4.98 Å². The second-order valence-electron chi connectivity index (χ2n) is 5.46. The number of pyridine rings is 1. The van der Waals surface area contributed by atoms with Gasteiger partial charge in [-0.05, 0) is 36.4 Å². The lowest BCUT2D eigenvalue weighted by atomic mass is 10.1. The lowest BCUT2D eigenvalue weighted by Crippen LogP contribution is -2.13. The van der Waals surface area contributed by atoms with E-state index in [1.165, 1.54) is 25.4 Å². The maximum atomic E-state index is 13.3. The summed E-state index contributed by atoms with van der Waals surface area (Å²) in [4.78, 5) is 16.7. The number of anilines is 1. The van der Waals surface area contributed by atoms with Crippen LogP contribution in [0.2, 0.25) is 0 Å². The van der Waals surface area contributed by atoms with Crippen LogP contribution in [0.1, 0.15) is 10.4 Å². The molecule has 0 saturated heterocycles. The number of hydrogen-bond acceptors (Lipinski definition) is 4. The number of carbonyl (C=O) groups is 1. The molecule has 2 aromatic carbocycles. The van der Waals surface area contributed by atoms with Crippen molar-refractivity contribution >= 4 is 11.6 Å². The number of aromatic nitrogens is 1. The normalized spacial score (nSPS) is 10.3. The zero-order valence-electron chi connectivity index (χ0n) is 14.3. The van der Waals surface area contributed by atoms with E-state index in [2.05, 4.69) is 10.3 Å². The van der Waals surface area contributed by atoms with Gasteiger partial charge in [0, 0.05) is 17.8 Å². The van der Waals surface area contributed by atoms with Crippen LogP contribution < -0.4 is 14.8 Å². The lowest BCUT2D eigenvalue weighted by Gasteiger charge is -2.11. The van der Waals surface area contributed by atoms with Gasteiger partial charge < -0.3 is 14.8 Å². The third-order valence-corrected chi connectivity index (χ3v) is 3.80. The van der Waals surface area contributed by atoms with Gasteiger partial charge in [0.1, 0.15) is 17.3 Å². The van der Waals surface area contributed by atoms with E-state index in [4.69, 9.17) is 9.47 Å². The van der Waals surface area contributed by atoms with Gasteiger partial charge in [0.15, 0.2) is 0 Å². The molecule has 1 heterocycles. The molecular weight excluding hydrogens is 335 g/mol. The standard InChI is InChI=1S/C20H17FN2O3/c1-25-16-7-9-18(19(11-16)26-2)23-20(24)14-6-8-17(22-12-14)13-4-3-5-15(21)10-13/h3-12H,1-2H3,(H,23,24). The smallest absolute Gasteiger partial charge is 0.257 e. The summed E-state index contributed by atoms with van der Waals surface area (Å²) in [6.07, 6.45) is 1.45. The highest BCUT2D eigenvalue weighted by atomic mass is 19.1. The molecule has 6 heteroatoms. The van der Waals surface area contributed by atoms with Crippen LogP contribution >= 0.6 is 0 Å². The monoisotopic (exact) mass is 352 g/mol. The first-order valence-electron chi connectivity index (χ1n) is 7.86. The number of carbonyl (C=O) groups excluding carboxylic acids is 1. The second-order valence-corrected chi connectivity index (χ2v) is 5.46. The number of rotatable bonds is 5. The average molecular weight is 352 g/mol. The van der Waals surface area contributed by atoms with E-state index in [0.29, 0.717) is 34.0 Å². The van der Waals surface area contributed by atoms with Gasteiger partial charge in [-0.25, -0.2) is 4.39 Å². The third-order valence-electron chi connectivity index (χ3n) is 3.80. The first-order chi connectivity index (χ1) is 12.6. The van der Waals surface area contributed by atoms with Gasteiger partial charge in [0.05, 0.1) is 31.2 Å². The predicted octanol–water partition coefficient (Wildman–Crippen LogP) is 4.16. The van der Waals surface area contributed by atoms with E-state index in [0.717, 1.165) is 0 Å². The molecular formula is C20H17FN2O3. The van der Waals surface area contributed by atoms with E-state index >= 15 is 0 Å². The van der Waals surface area contributed by atoms with Crippen molar-refractivity contribution in [1.29, 1.82) is 0 Å². The van der Waals surface area contributed by atoms with Crippen LogP contribution in [0.15, 0.2) is 60.8 Å². The molecule has 0 spiro atoms. The number of nitrogens with zero attached hydrogens (tertiary/aromatic N) is 1. The molecule has 3 aromatic rings. The maximum Gasteiger partial charge on any atom is 0.257 e. The fourth-order valence-electron chi connectivity index (χ4n) is 2.44. The summed E-state index contributed by atoms with van der Waals surface area (Å²) in [5.41, 5.74) is 2.13. The fraction of sp³-hybridized carbons (Fsp3) is 0.100. The Kier molecular flexibility index (Phi) is 5.12. The Bertz CT molecular complexity index is 927. The number of nitrogens with one attached hydrogen (secondary N) is 1. The van der Waals surface area contributed by atoms with Crippen LogP contribution in [-0.4, -0.2) is 25.1 Å². The molecule has 1 aromatic heterocycles. The van der Waals surface area contributed by atoms with Gasteiger partial charge in [-0.1, -0.05) is 12.1 Å². The van der Waals surface area contributed by atoms with Crippen molar-refractivity contribution in [2.45, 2.75) is 0 Å². The molecule has 0 bridgehead atoms. The Hall–Kier alpha value is -3.41. The molecule has 1 N–H and O–H groups in total. The molecule has 0 aliphatic heterocycles. The third kappa shape index (κ3) is 3.80. The van der Waals surface area contributed by atoms with Crippen LogP contribution in [0, 0.1) is 5.82 Å². The van der Waals surface area contributed by atoms with Gasteiger partial charge in [-0.2, -0.15) is 0 Å². The molecule has 0 radical (unpaired) electrons. The Labute approximate surface area is 150 Å². The van der Waals surface area contributed by atoms with Crippen LogP contribution in [0.4, 0.5) is 10.1 Å². The molecule has 5 nitrogen and oxygen atoms in total. The van der Waals surface area contributed by atoms with Gasteiger partial charge in [-0.3, -0.25) is 9.78 Å². The Morgan fingerprint density at radius 2 is 1.88 bits per heavy atom. The van der Waals surface area contributed by atoms with Crippen LogP contribution in [0.3, 0.4) is 0 Å². The molecule has 0 atom stereocenters. The quantitative estimate of drug-likeness (QED) is 0.749.